The van der Waals surface area contributed by atoms with Crippen LogP contribution in [0.5, 0.6) is 0 Å². The van der Waals surface area contributed by atoms with Crippen LogP contribution in [0.2, 0.25) is 0 Å². The van der Waals surface area contributed by atoms with Gasteiger partial charge in [-0.3, -0.25) is 0 Å². The zero-order valence-corrected chi connectivity index (χ0v) is 11.5. The molecule has 18 heavy (non-hydrogen) atoms. The molecule has 1 amide bonds. The van der Waals surface area contributed by atoms with Crippen LogP contribution in [-0.2, 0) is 9.47 Å². The molecule has 0 aromatic heterocycles. The minimum atomic E-state index is -0.437. The van der Waals surface area contributed by atoms with Gasteiger partial charge in [0, 0.05) is 18.6 Å². The minimum absolute atomic E-state index is 0.190. The van der Waals surface area contributed by atoms with Crippen LogP contribution in [0.15, 0.2) is 0 Å². The van der Waals surface area contributed by atoms with E-state index in [1.807, 2.05) is 20.8 Å². The fourth-order valence-corrected chi connectivity index (χ4v) is 2.62. The Kier molecular flexibility index (Phi) is 4.12. The predicted octanol–water partition coefficient (Wildman–Crippen LogP) is 1.42. The van der Waals surface area contributed by atoms with Crippen molar-refractivity contribution in [2.75, 3.05) is 13.2 Å². The second kappa shape index (κ2) is 5.45. The molecule has 1 heterocycles. The van der Waals surface area contributed by atoms with Crippen LogP contribution in [0.4, 0.5) is 4.79 Å². The van der Waals surface area contributed by atoms with Gasteiger partial charge in [-0.2, -0.15) is 0 Å². The van der Waals surface area contributed by atoms with Gasteiger partial charge >= 0.3 is 6.09 Å². The summed E-state index contributed by atoms with van der Waals surface area (Å²) in [6, 6.07) is 0.558. The standard InChI is InChI=1S/C13H24N2O3/c1-13(2,3)18-12(16)15-9-4-5-11-10(8-9)14-6-7-17-11/h9-11,14H,4-8H2,1-3H3,(H,15,16). The highest BCUT2D eigenvalue weighted by atomic mass is 16.6. The van der Waals surface area contributed by atoms with Crippen molar-refractivity contribution in [3.05, 3.63) is 0 Å². The molecule has 2 N–H and O–H groups in total. The largest absolute Gasteiger partial charge is 0.444 e. The van der Waals surface area contributed by atoms with Crippen LogP contribution in [-0.4, -0.2) is 43.0 Å². The van der Waals surface area contributed by atoms with E-state index >= 15 is 0 Å². The monoisotopic (exact) mass is 256 g/mol. The van der Waals surface area contributed by atoms with Gasteiger partial charge in [-0.05, 0) is 40.0 Å². The van der Waals surface area contributed by atoms with Crippen molar-refractivity contribution in [1.82, 2.24) is 10.6 Å². The summed E-state index contributed by atoms with van der Waals surface area (Å²) in [4.78, 5) is 11.7. The quantitative estimate of drug-likeness (QED) is 0.745. The first-order chi connectivity index (χ1) is 8.44. The van der Waals surface area contributed by atoms with Gasteiger partial charge in [0.15, 0.2) is 0 Å². The number of hydrogen-bond acceptors (Lipinski definition) is 4. The van der Waals surface area contributed by atoms with Gasteiger partial charge in [-0.1, -0.05) is 0 Å². The van der Waals surface area contributed by atoms with Crippen LogP contribution in [0.25, 0.3) is 0 Å². The number of carbonyl (C=O) groups excluding carboxylic acids is 1. The average Bonchev–Trinajstić information content (AvgIpc) is 2.26. The molecule has 1 aliphatic carbocycles. The smallest absolute Gasteiger partial charge is 0.407 e. The van der Waals surface area contributed by atoms with E-state index in [1.165, 1.54) is 0 Å². The Bertz CT molecular complexity index is 301. The molecular formula is C13H24N2O3. The molecule has 2 rings (SSSR count). The maximum absolute atomic E-state index is 11.7. The summed E-state index contributed by atoms with van der Waals surface area (Å²) < 4.78 is 11.0. The molecular weight excluding hydrogens is 232 g/mol. The molecule has 0 aromatic rings. The van der Waals surface area contributed by atoms with E-state index in [0.29, 0.717) is 12.1 Å². The van der Waals surface area contributed by atoms with Gasteiger partial charge in [-0.15, -0.1) is 0 Å². The van der Waals surface area contributed by atoms with Gasteiger partial charge in [0.05, 0.1) is 12.7 Å². The predicted molar refractivity (Wildman–Crippen MR) is 68.5 cm³/mol. The maximum Gasteiger partial charge on any atom is 0.407 e. The highest BCUT2D eigenvalue weighted by Crippen LogP contribution is 2.24. The molecule has 5 nitrogen and oxygen atoms in total. The maximum atomic E-state index is 11.7. The third-order valence-corrected chi connectivity index (χ3v) is 3.35. The van der Waals surface area contributed by atoms with Crippen molar-refractivity contribution in [2.24, 2.45) is 0 Å². The fraction of sp³-hybridized carbons (Fsp3) is 0.923. The Morgan fingerprint density at radius 1 is 1.39 bits per heavy atom. The summed E-state index contributed by atoms with van der Waals surface area (Å²) in [5.41, 5.74) is -0.437. The Morgan fingerprint density at radius 2 is 2.17 bits per heavy atom. The van der Waals surface area contributed by atoms with Crippen molar-refractivity contribution >= 4 is 6.09 Å². The second-order valence-corrected chi connectivity index (χ2v) is 6.13. The lowest BCUT2D eigenvalue weighted by molar-refractivity contribution is -0.0304. The van der Waals surface area contributed by atoms with Crippen molar-refractivity contribution in [2.45, 2.75) is 63.8 Å². The fourth-order valence-electron chi connectivity index (χ4n) is 2.62. The van der Waals surface area contributed by atoms with Crippen molar-refractivity contribution in [3.8, 4) is 0 Å². The molecule has 0 aromatic carbocycles. The first-order valence-electron chi connectivity index (χ1n) is 6.78. The van der Waals surface area contributed by atoms with E-state index < -0.39 is 5.60 Å². The molecule has 5 heteroatoms. The first kappa shape index (κ1) is 13.6. The molecule has 3 atom stereocenters. The number of amides is 1. The topological polar surface area (TPSA) is 59.6 Å². The summed E-state index contributed by atoms with van der Waals surface area (Å²) in [5.74, 6) is 0. The van der Waals surface area contributed by atoms with Crippen LogP contribution in [0.1, 0.15) is 40.0 Å². The molecule has 2 aliphatic rings. The summed E-state index contributed by atoms with van der Waals surface area (Å²) in [6.45, 7) is 7.33. The minimum Gasteiger partial charge on any atom is -0.444 e. The second-order valence-electron chi connectivity index (χ2n) is 6.13. The molecule has 0 radical (unpaired) electrons. The Balaban J connectivity index is 1.79. The number of carbonyl (C=O) groups is 1. The summed E-state index contributed by atoms with van der Waals surface area (Å²) >= 11 is 0. The lowest BCUT2D eigenvalue weighted by atomic mass is 9.88. The first-order valence-corrected chi connectivity index (χ1v) is 6.78. The molecule has 1 aliphatic heterocycles. The van der Waals surface area contributed by atoms with E-state index in [-0.39, 0.29) is 12.1 Å². The van der Waals surface area contributed by atoms with Crippen LogP contribution >= 0.6 is 0 Å². The molecule has 0 spiro atoms. The number of rotatable bonds is 1. The van der Waals surface area contributed by atoms with Crippen molar-refractivity contribution in [3.63, 3.8) is 0 Å². The number of hydrogen-bond donors (Lipinski definition) is 2. The zero-order chi connectivity index (χ0) is 13.2. The highest BCUT2D eigenvalue weighted by Gasteiger charge is 2.34. The molecule has 2 fully saturated rings. The average molecular weight is 256 g/mol. The summed E-state index contributed by atoms with van der Waals surface area (Å²) in [6.07, 6.45) is 2.88. The number of nitrogens with one attached hydrogen (secondary N) is 2. The summed E-state index contributed by atoms with van der Waals surface area (Å²) in [7, 11) is 0. The van der Waals surface area contributed by atoms with Gasteiger partial charge in [0.25, 0.3) is 0 Å². The molecule has 0 bridgehead atoms. The van der Waals surface area contributed by atoms with Gasteiger partial charge in [0.1, 0.15) is 5.60 Å². The Hall–Kier alpha value is -0.810. The lowest BCUT2D eigenvalue weighted by Crippen LogP contribution is -2.55. The number of ether oxygens (including phenoxy) is 2. The number of morpholine rings is 1. The van der Waals surface area contributed by atoms with E-state index in [2.05, 4.69) is 10.6 Å². The third kappa shape index (κ3) is 3.85. The highest BCUT2D eigenvalue weighted by molar-refractivity contribution is 5.68. The lowest BCUT2D eigenvalue weighted by Gasteiger charge is -2.39. The number of fused-ring (bicyclic) bond motifs is 1. The SMILES string of the molecule is CC(C)(C)OC(=O)NC1CCC2OCCNC2C1. The van der Waals surface area contributed by atoms with Crippen molar-refractivity contribution < 1.29 is 14.3 Å². The van der Waals surface area contributed by atoms with Gasteiger partial charge < -0.3 is 20.1 Å². The molecule has 1 saturated carbocycles. The van der Waals surface area contributed by atoms with Crippen LogP contribution in [0, 0.1) is 0 Å². The van der Waals surface area contributed by atoms with E-state index in [9.17, 15) is 4.79 Å². The van der Waals surface area contributed by atoms with Crippen LogP contribution in [0.3, 0.4) is 0 Å². The van der Waals surface area contributed by atoms with Crippen molar-refractivity contribution in [1.29, 1.82) is 0 Å². The van der Waals surface area contributed by atoms with Gasteiger partial charge in [0.2, 0.25) is 0 Å². The normalized spacial score (nSPS) is 32.5. The van der Waals surface area contributed by atoms with Gasteiger partial charge in [-0.25, -0.2) is 4.79 Å². The van der Waals surface area contributed by atoms with E-state index in [4.69, 9.17) is 9.47 Å². The Morgan fingerprint density at radius 3 is 2.89 bits per heavy atom. The number of alkyl carbamates (subject to hydrolysis) is 1. The summed E-state index contributed by atoms with van der Waals surface area (Å²) in [5, 5.41) is 6.41. The van der Waals surface area contributed by atoms with E-state index in [0.717, 1.165) is 32.4 Å². The zero-order valence-electron chi connectivity index (χ0n) is 11.5. The van der Waals surface area contributed by atoms with E-state index in [1.54, 1.807) is 0 Å². The third-order valence-electron chi connectivity index (χ3n) is 3.35. The Labute approximate surface area is 109 Å². The molecule has 3 unspecified atom stereocenters. The van der Waals surface area contributed by atoms with Crippen LogP contribution < -0.4 is 10.6 Å². The molecule has 1 saturated heterocycles. The molecule has 104 valence electrons.